The molecule has 0 radical (unpaired) electrons. The number of unbranched alkanes of at least 4 members (excludes halogenated alkanes) is 3. The van der Waals surface area contributed by atoms with Crippen LogP contribution in [0.5, 0.6) is 0 Å². The number of rotatable bonds is 14. The van der Waals surface area contributed by atoms with Gasteiger partial charge < -0.3 is 19.0 Å². The number of fused-ring (bicyclic) bond motifs is 3. The Kier molecular flexibility index (Phi) is 9.83. The molecule has 0 atom stereocenters. The van der Waals surface area contributed by atoms with E-state index in [-0.39, 0.29) is 18.3 Å². The second kappa shape index (κ2) is 14.0. The van der Waals surface area contributed by atoms with Crippen molar-refractivity contribution in [1.29, 1.82) is 0 Å². The summed E-state index contributed by atoms with van der Waals surface area (Å²) < 4.78 is 42.0. The lowest BCUT2D eigenvalue weighted by atomic mass is 9.80. The van der Waals surface area contributed by atoms with E-state index in [4.69, 9.17) is 19.5 Å². The molecule has 0 unspecified atom stereocenters. The molecule has 3 aliphatic heterocycles. The van der Waals surface area contributed by atoms with E-state index in [2.05, 4.69) is 50.8 Å². The highest BCUT2D eigenvalue weighted by molar-refractivity contribution is 7.85. The molecule has 0 saturated heterocycles. The number of aliphatic imine (C=N–C) groups is 2. The molecule has 0 spiro atoms. The van der Waals surface area contributed by atoms with Gasteiger partial charge in [0.15, 0.2) is 5.71 Å². The zero-order valence-electron chi connectivity index (χ0n) is 29.1. The Morgan fingerprint density at radius 1 is 1.04 bits per heavy atom. The van der Waals surface area contributed by atoms with Crippen LogP contribution in [0.25, 0.3) is 22.3 Å². The zero-order valence-corrected chi connectivity index (χ0v) is 29.9. The molecule has 1 N–H and O–H groups in total. The number of aliphatic carboxylic acids is 1. The minimum atomic E-state index is -4.28. The highest BCUT2D eigenvalue weighted by Gasteiger charge is 2.43. The lowest BCUT2D eigenvalue weighted by Gasteiger charge is -2.28. The Morgan fingerprint density at radius 3 is 2.60 bits per heavy atom. The normalized spacial score (nSPS) is 18.5. The number of hydrogen-bond acceptors (Lipinski definition) is 8. The van der Waals surface area contributed by atoms with Gasteiger partial charge in [0, 0.05) is 41.3 Å². The molecule has 262 valence electrons. The standard InChI is InChI=1S/C39H44N4O6S/c1-38(2)29-15-13-22-42(20-9-5-6-19-35(44)45)36(29)40-33(38)17-12-18-34-39(3,4)30-24-28(32-25-27-14-7-8-16-31(27)49-32)26-43(37(30)41-34)21-10-11-23-50(46,47)48/h7-8,12-18,22,24-26H,5-6,9-11,19-21,23H2,1-4H3,(H-,44,45,46,47,48). The lowest BCUT2D eigenvalue weighted by Crippen LogP contribution is -2.35. The number of allylic oxidation sites excluding steroid dienone is 6. The number of furan rings is 1. The van der Waals surface area contributed by atoms with E-state index >= 15 is 0 Å². The van der Waals surface area contributed by atoms with Crippen LogP contribution < -0.4 is 4.57 Å². The highest BCUT2D eigenvalue weighted by atomic mass is 32.2. The minimum Gasteiger partial charge on any atom is -0.748 e. The van der Waals surface area contributed by atoms with Crippen molar-refractivity contribution in [3.63, 3.8) is 0 Å². The topological polar surface area (TPSA) is 139 Å². The second-order valence-corrected chi connectivity index (χ2v) is 15.7. The largest absolute Gasteiger partial charge is 0.748 e. The number of carboxylic acid groups (broad SMARTS) is 1. The summed E-state index contributed by atoms with van der Waals surface area (Å²) in [5, 5.41) is 9.95. The molecule has 3 aromatic rings. The van der Waals surface area contributed by atoms with Gasteiger partial charge in [-0.15, -0.1) is 0 Å². The number of amidine groups is 1. The predicted molar refractivity (Wildman–Crippen MR) is 194 cm³/mol. The first-order valence-corrected chi connectivity index (χ1v) is 18.8. The third-order valence-corrected chi connectivity index (χ3v) is 10.6. The Morgan fingerprint density at radius 2 is 1.84 bits per heavy atom. The summed E-state index contributed by atoms with van der Waals surface area (Å²) >= 11 is 0. The number of nitrogens with zero attached hydrogens (tertiary/aromatic N) is 4. The van der Waals surface area contributed by atoms with Gasteiger partial charge >= 0.3 is 11.8 Å². The maximum absolute atomic E-state index is 11.2. The fraction of sp³-hybridized carbons (Fsp3) is 0.385. The van der Waals surface area contributed by atoms with Crippen LogP contribution >= 0.6 is 0 Å². The van der Waals surface area contributed by atoms with Crippen LogP contribution in [-0.4, -0.2) is 52.8 Å². The molecule has 6 rings (SSSR count). The first kappa shape index (κ1) is 35.2. The summed E-state index contributed by atoms with van der Waals surface area (Å²) in [6.07, 6.45) is 17.7. The average molecular weight is 697 g/mol. The van der Waals surface area contributed by atoms with E-state index < -0.39 is 27.3 Å². The molecule has 0 bridgehead atoms. The molecule has 11 heteroatoms. The molecule has 0 saturated carbocycles. The first-order valence-electron chi connectivity index (χ1n) is 17.2. The van der Waals surface area contributed by atoms with Gasteiger partial charge in [0.05, 0.1) is 38.9 Å². The van der Waals surface area contributed by atoms with E-state index in [0.717, 1.165) is 75.9 Å². The van der Waals surface area contributed by atoms with Crippen molar-refractivity contribution in [1.82, 2.24) is 4.90 Å². The molecule has 1 aromatic carbocycles. The summed E-state index contributed by atoms with van der Waals surface area (Å²) in [6.45, 7) is 9.91. The predicted octanol–water partition coefficient (Wildman–Crippen LogP) is 7.36. The number of aryl methyl sites for hydroxylation is 1. The summed E-state index contributed by atoms with van der Waals surface area (Å²) in [4.78, 5) is 23.2. The van der Waals surface area contributed by atoms with Crippen molar-refractivity contribution in [2.75, 3.05) is 12.3 Å². The van der Waals surface area contributed by atoms with E-state index in [1.54, 1.807) is 0 Å². The number of aromatic nitrogens is 1. The first-order chi connectivity index (χ1) is 23.7. The van der Waals surface area contributed by atoms with Gasteiger partial charge in [-0.25, -0.2) is 18.0 Å². The molecule has 50 heavy (non-hydrogen) atoms. The number of hydrogen-bond donors (Lipinski definition) is 1. The third kappa shape index (κ3) is 7.44. The van der Waals surface area contributed by atoms with Crippen molar-refractivity contribution in [3.8, 4) is 11.3 Å². The molecule has 3 aliphatic rings. The molecular formula is C39H44N4O6S. The van der Waals surface area contributed by atoms with Gasteiger partial charge in [-0.05, 0) is 81.0 Å². The molecule has 0 fully saturated rings. The Hall–Kier alpha value is -4.61. The maximum Gasteiger partial charge on any atom is 0.327 e. The van der Waals surface area contributed by atoms with Gasteiger partial charge in [-0.1, -0.05) is 50.6 Å². The number of carboxylic acids is 1. The van der Waals surface area contributed by atoms with Crippen molar-refractivity contribution < 1.29 is 31.9 Å². The van der Waals surface area contributed by atoms with E-state index in [0.29, 0.717) is 19.4 Å². The Labute approximate surface area is 293 Å². The van der Waals surface area contributed by atoms with Crippen LogP contribution in [0, 0.1) is 5.41 Å². The SMILES string of the molecule is CC1(C)C2=CC=CN(CCCCCC(=O)O)C2=N/C1=C\C=C\C1=Nc2c(cc(-c3cc4ccccc4o3)c[n+]2CCCCS(=O)(=O)[O-])C1(C)C. The second-order valence-electron chi connectivity index (χ2n) is 14.2. The summed E-state index contributed by atoms with van der Waals surface area (Å²) in [5.74, 6) is 1.32. The fourth-order valence-electron chi connectivity index (χ4n) is 6.79. The van der Waals surface area contributed by atoms with E-state index in [9.17, 15) is 17.8 Å². The highest BCUT2D eigenvalue weighted by Crippen LogP contribution is 2.45. The third-order valence-electron chi connectivity index (χ3n) is 9.78. The number of pyridine rings is 1. The van der Waals surface area contributed by atoms with Crippen LogP contribution in [-0.2, 0) is 26.9 Å². The zero-order chi connectivity index (χ0) is 35.7. The average Bonchev–Trinajstić information content (AvgIpc) is 3.68. The lowest BCUT2D eigenvalue weighted by molar-refractivity contribution is -0.684. The van der Waals surface area contributed by atoms with Crippen molar-refractivity contribution in [2.45, 2.75) is 78.2 Å². The smallest absolute Gasteiger partial charge is 0.327 e. The summed E-state index contributed by atoms with van der Waals surface area (Å²) in [7, 11) is -4.28. The van der Waals surface area contributed by atoms with Crippen molar-refractivity contribution >= 4 is 44.4 Å². The quantitative estimate of drug-likeness (QED) is 0.106. The monoisotopic (exact) mass is 696 g/mol. The van der Waals surface area contributed by atoms with Crippen LogP contribution in [0.2, 0.25) is 0 Å². The number of benzene rings is 1. The van der Waals surface area contributed by atoms with E-state index in [1.165, 1.54) is 0 Å². The fourth-order valence-corrected chi connectivity index (χ4v) is 7.35. The van der Waals surface area contributed by atoms with Crippen LogP contribution in [0.4, 0.5) is 5.82 Å². The van der Waals surface area contributed by atoms with Crippen molar-refractivity contribution in [3.05, 3.63) is 96.0 Å². The van der Waals surface area contributed by atoms with Crippen molar-refractivity contribution in [2.24, 2.45) is 15.4 Å². The summed E-state index contributed by atoms with van der Waals surface area (Å²) in [6, 6.07) is 12.0. The van der Waals surface area contributed by atoms with E-state index in [1.807, 2.05) is 65.5 Å². The Bertz CT molecular complexity index is 2080. The molecule has 2 aromatic heterocycles. The summed E-state index contributed by atoms with van der Waals surface area (Å²) in [5.41, 5.74) is 4.95. The molecule has 0 aliphatic carbocycles. The molecule has 10 nitrogen and oxygen atoms in total. The van der Waals surface area contributed by atoms with Gasteiger partial charge in [-0.3, -0.25) is 4.79 Å². The number of carbonyl (C=O) groups is 1. The molecular weight excluding hydrogens is 653 g/mol. The van der Waals surface area contributed by atoms with Crippen LogP contribution in [0.1, 0.15) is 71.8 Å². The van der Waals surface area contributed by atoms with Gasteiger partial charge in [-0.2, -0.15) is 0 Å². The number of para-hydroxylation sites is 1. The minimum absolute atomic E-state index is 0.193. The molecule has 5 heterocycles. The Balaban J connectivity index is 1.26. The maximum atomic E-state index is 11.2. The van der Waals surface area contributed by atoms with Gasteiger partial charge in [0.25, 0.3) is 0 Å². The van der Waals surface area contributed by atoms with Gasteiger partial charge in [0.2, 0.25) is 0 Å². The molecule has 0 amide bonds. The van der Waals surface area contributed by atoms with Crippen LogP contribution in [0.3, 0.4) is 0 Å². The van der Waals surface area contributed by atoms with Crippen LogP contribution in [0.15, 0.2) is 105 Å². The van der Waals surface area contributed by atoms with Gasteiger partial charge in [0.1, 0.15) is 23.4 Å².